The molecule has 0 radical (unpaired) electrons. The Morgan fingerprint density at radius 3 is 2.62 bits per heavy atom. The van der Waals surface area contributed by atoms with Gasteiger partial charge in [0.1, 0.15) is 11.3 Å². The van der Waals surface area contributed by atoms with Gasteiger partial charge in [0.05, 0.1) is 25.9 Å². The first-order valence-electron chi connectivity index (χ1n) is 9.84. The van der Waals surface area contributed by atoms with Crippen molar-refractivity contribution < 1.29 is 24.3 Å². The Morgan fingerprint density at radius 2 is 1.94 bits per heavy atom. The lowest BCUT2D eigenvalue weighted by atomic mass is 10.0. The van der Waals surface area contributed by atoms with Gasteiger partial charge in [-0.15, -0.1) is 0 Å². The number of aromatic hydroxyl groups is 2. The Hall–Kier alpha value is -4.15. The number of ketones is 1. The average molecular weight is 496 g/mol. The molecule has 0 saturated heterocycles. The van der Waals surface area contributed by atoms with Crippen molar-refractivity contribution in [1.29, 1.82) is 0 Å². The van der Waals surface area contributed by atoms with Gasteiger partial charge < -0.3 is 14.6 Å². The number of carbonyl (C=O) groups is 1. The van der Waals surface area contributed by atoms with Crippen molar-refractivity contribution in [3.63, 3.8) is 0 Å². The van der Waals surface area contributed by atoms with Gasteiger partial charge in [-0.1, -0.05) is 41.1 Å². The van der Waals surface area contributed by atoms with Gasteiger partial charge in [0, 0.05) is 17.7 Å². The van der Waals surface area contributed by atoms with Gasteiger partial charge in [-0.25, -0.2) is 4.98 Å². The highest BCUT2D eigenvalue weighted by Crippen LogP contribution is 2.46. The van der Waals surface area contributed by atoms with Crippen LogP contribution in [0.15, 0.2) is 59.0 Å². The van der Waals surface area contributed by atoms with Crippen LogP contribution in [0.4, 0.5) is 5.69 Å². The van der Waals surface area contributed by atoms with E-state index in [1.165, 1.54) is 34.9 Å². The lowest BCUT2D eigenvalue weighted by Crippen LogP contribution is -2.04. The number of benzene rings is 2. The SMILES string of the molecule is Cc1ccc(C(=O)c2c(O)c(O)n(-c3nc4c(Cl)cccc4s3)c2-c2cccc([N+](=O)[O-])c2)o1. The molecule has 0 spiro atoms. The summed E-state index contributed by atoms with van der Waals surface area (Å²) in [5, 5.41) is 33.8. The van der Waals surface area contributed by atoms with E-state index in [2.05, 4.69) is 4.98 Å². The fourth-order valence-electron chi connectivity index (χ4n) is 3.67. The summed E-state index contributed by atoms with van der Waals surface area (Å²) in [7, 11) is 0. The van der Waals surface area contributed by atoms with E-state index >= 15 is 0 Å². The maximum absolute atomic E-state index is 13.4. The molecule has 0 atom stereocenters. The number of hydrogen-bond acceptors (Lipinski definition) is 8. The molecule has 0 fully saturated rings. The molecule has 5 aromatic rings. The van der Waals surface area contributed by atoms with Gasteiger partial charge in [-0.2, -0.15) is 0 Å². The number of hydrogen-bond donors (Lipinski definition) is 2. The number of carbonyl (C=O) groups excluding carboxylic acids is 1. The van der Waals surface area contributed by atoms with Crippen LogP contribution in [0.3, 0.4) is 0 Å². The molecule has 11 heteroatoms. The van der Waals surface area contributed by atoms with Crippen LogP contribution in [-0.4, -0.2) is 30.5 Å². The number of furan rings is 1. The first kappa shape index (κ1) is 21.7. The van der Waals surface area contributed by atoms with E-state index in [1.807, 2.05) is 0 Å². The van der Waals surface area contributed by atoms with Gasteiger partial charge in [0.2, 0.25) is 11.7 Å². The van der Waals surface area contributed by atoms with Gasteiger partial charge in [-0.05, 0) is 31.2 Å². The fourth-order valence-corrected chi connectivity index (χ4v) is 4.94. The normalized spacial score (nSPS) is 11.2. The second kappa shape index (κ2) is 8.01. The number of non-ortho nitro benzene ring substituents is 1. The smallest absolute Gasteiger partial charge is 0.270 e. The lowest BCUT2D eigenvalue weighted by Gasteiger charge is -2.09. The lowest BCUT2D eigenvalue weighted by molar-refractivity contribution is -0.384. The number of nitrogens with zero attached hydrogens (tertiary/aromatic N) is 3. The predicted octanol–water partition coefficient (Wildman–Crippen LogP) is 5.86. The van der Waals surface area contributed by atoms with Crippen molar-refractivity contribution in [2.24, 2.45) is 0 Å². The average Bonchev–Trinajstić information content (AvgIpc) is 3.50. The highest BCUT2D eigenvalue weighted by molar-refractivity contribution is 7.21. The topological polar surface area (TPSA) is 132 Å². The van der Waals surface area contributed by atoms with E-state index in [4.69, 9.17) is 16.0 Å². The molecule has 0 amide bonds. The Morgan fingerprint density at radius 1 is 1.18 bits per heavy atom. The molecule has 170 valence electrons. The van der Waals surface area contributed by atoms with E-state index in [0.717, 1.165) is 11.3 Å². The van der Waals surface area contributed by atoms with Crippen LogP contribution in [0.1, 0.15) is 21.9 Å². The molecule has 3 aromatic heterocycles. The van der Waals surface area contributed by atoms with Crippen LogP contribution in [0.2, 0.25) is 5.02 Å². The van der Waals surface area contributed by atoms with Gasteiger partial charge in [0.25, 0.3) is 5.69 Å². The molecule has 2 N–H and O–H groups in total. The third kappa shape index (κ3) is 3.40. The van der Waals surface area contributed by atoms with Crippen molar-refractivity contribution in [2.45, 2.75) is 6.92 Å². The molecule has 0 saturated carbocycles. The largest absolute Gasteiger partial charge is 0.503 e. The Balaban J connectivity index is 1.84. The second-order valence-corrected chi connectivity index (χ2v) is 8.78. The number of nitro benzene ring substituents is 1. The summed E-state index contributed by atoms with van der Waals surface area (Å²) in [4.78, 5) is 28.7. The molecule has 0 aliphatic rings. The number of aryl methyl sites for hydroxylation is 1. The number of halogens is 1. The summed E-state index contributed by atoms with van der Waals surface area (Å²) in [6, 6.07) is 13.7. The fraction of sp³-hybridized carbons (Fsp3) is 0.0435. The van der Waals surface area contributed by atoms with E-state index in [1.54, 1.807) is 31.2 Å². The minimum absolute atomic E-state index is 0.0212. The Labute approximate surface area is 200 Å². The zero-order valence-electron chi connectivity index (χ0n) is 17.4. The van der Waals surface area contributed by atoms with Gasteiger partial charge in [0.15, 0.2) is 16.6 Å². The molecule has 0 bridgehead atoms. The van der Waals surface area contributed by atoms with Crippen molar-refractivity contribution >= 4 is 44.6 Å². The van der Waals surface area contributed by atoms with Crippen LogP contribution in [0, 0.1) is 17.0 Å². The molecule has 0 unspecified atom stereocenters. The molecule has 34 heavy (non-hydrogen) atoms. The summed E-state index contributed by atoms with van der Waals surface area (Å²) in [5.74, 6) is -1.65. The molecular formula is C23H14ClN3O6S. The summed E-state index contributed by atoms with van der Waals surface area (Å²) in [6.45, 7) is 1.66. The highest BCUT2D eigenvalue weighted by atomic mass is 35.5. The summed E-state index contributed by atoms with van der Waals surface area (Å²) in [6.07, 6.45) is 0. The molecule has 0 aliphatic heterocycles. The van der Waals surface area contributed by atoms with Crippen LogP contribution in [0.25, 0.3) is 26.6 Å². The number of thiazole rings is 1. The predicted molar refractivity (Wildman–Crippen MR) is 126 cm³/mol. The van der Waals surface area contributed by atoms with E-state index in [0.29, 0.717) is 21.0 Å². The third-order valence-electron chi connectivity index (χ3n) is 5.19. The van der Waals surface area contributed by atoms with Gasteiger partial charge in [-0.3, -0.25) is 19.5 Å². The maximum atomic E-state index is 13.4. The Bertz CT molecular complexity index is 1620. The molecule has 9 nitrogen and oxygen atoms in total. The number of para-hydroxylation sites is 1. The van der Waals surface area contributed by atoms with Crippen molar-refractivity contribution in [1.82, 2.24) is 9.55 Å². The molecular weight excluding hydrogens is 482 g/mol. The van der Waals surface area contributed by atoms with Crippen molar-refractivity contribution in [2.75, 3.05) is 0 Å². The second-order valence-electron chi connectivity index (χ2n) is 7.36. The van der Waals surface area contributed by atoms with Crippen LogP contribution < -0.4 is 0 Å². The van der Waals surface area contributed by atoms with Crippen LogP contribution in [0.5, 0.6) is 11.6 Å². The molecule has 0 aliphatic carbocycles. The summed E-state index contributed by atoms with van der Waals surface area (Å²) >= 11 is 7.42. The molecule has 5 rings (SSSR count). The van der Waals surface area contributed by atoms with Gasteiger partial charge >= 0.3 is 0 Å². The van der Waals surface area contributed by atoms with E-state index < -0.39 is 22.3 Å². The minimum atomic E-state index is -0.708. The first-order chi connectivity index (χ1) is 16.3. The number of aromatic nitrogens is 2. The molecule has 3 heterocycles. The van der Waals surface area contributed by atoms with Crippen molar-refractivity contribution in [3.05, 3.63) is 86.8 Å². The number of fused-ring (bicyclic) bond motifs is 1. The quantitative estimate of drug-likeness (QED) is 0.177. The zero-order valence-corrected chi connectivity index (χ0v) is 18.9. The highest BCUT2D eigenvalue weighted by Gasteiger charge is 2.32. The minimum Gasteiger partial charge on any atom is -0.503 e. The summed E-state index contributed by atoms with van der Waals surface area (Å²) < 4.78 is 7.32. The zero-order chi connectivity index (χ0) is 24.1. The summed E-state index contributed by atoms with van der Waals surface area (Å²) in [5.41, 5.74) is 0.188. The maximum Gasteiger partial charge on any atom is 0.270 e. The molecule has 2 aromatic carbocycles. The van der Waals surface area contributed by atoms with E-state index in [-0.39, 0.29) is 33.4 Å². The standard InChI is InChI=1S/C23H14ClN3O6S/c1-11-8-9-15(33-11)20(28)17-19(12-4-2-5-13(10-12)27(31)32)26(22(30)21(17)29)23-25-18-14(24)6-3-7-16(18)34-23/h2-10,29-30H,1H3. The Kier molecular flexibility index (Phi) is 5.11. The van der Waals surface area contributed by atoms with E-state index in [9.17, 15) is 25.1 Å². The van der Waals surface area contributed by atoms with Crippen LogP contribution in [-0.2, 0) is 0 Å². The third-order valence-corrected chi connectivity index (χ3v) is 6.50. The van der Waals surface area contributed by atoms with Crippen LogP contribution >= 0.6 is 22.9 Å². The first-order valence-corrected chi connectivity index (χ1v) is 11.0. The number of rotatable bonds is 5. The number of nitro groups is 1. The van der Waals surface area contributed by atoms with Crippen molar-refractivity contribution in [3.8, 4) is 28.0 Å². The monoisotopic (exact) mass is 495 g/mol.